The third-order valence-electron chi connectivity index (χ3n) is 5.73. The fraction of sp³-hybridized carbons (Fsp3) is 0.739. The average Bonchev–Trinajstić information content (AvgIpc) is 2.87. The molecule has 0 aliphatic heterocycles. The Labute approximate surface area is 227 Å². The van der Waals surface area contributed by atoms with Gasteiger partial charge in [-0.1, -0.05) is 0 Å². The highest BCUT2D eigenvalue weighted by Gasteiger charge is 2.30. The molecule has 39 heavy (non-hydrogen) atoms. The molecule has 16 nitrogen and oxygen atoms in total. The lowest BCUT2D eigenvalue weighted by Crippen LogP contribution is -2.57. The molecule has 0 saturated heterocycles. The van der Waals surface area contributed by atoms with Crippen LogP contribution in [0.15, 0.2) is 4.99 Å². The molecule has 0 fully saturated rings. The SMILES string of the molecule is NCCCCC(NC(=O)C(CCCN=C(N)N)NC(=O)C(CCCCN)NC(=O)C(N)CCC(=O)O)C(=O)O. The second kappa shape index (κ2) is 20.5. The van der Waals surface area contributed by atoms with Crippen LogP contribution in [0.5, 0.6) is 0 Å². The summed E-state index contributed by atoms with van der Waals surface area (Å²) in [6.45, 7) is 0.897. The van der Waals surface area contributed by atoms with Gasteiger partial charge in [0.15, 0.2) is 5.96 Å². The average molecular weight is 560 g/mol. The van der Waals surface area contributed by atoms with Gasteiger partial charge >= 0.3 is 11.9 Å². The Bertz CT molecular complexity index is 822. The number of carboxylic acids is 2. The molecule has 0 spiro atoms. The van der Waals surface area contributed by atoms with E-state index in [-0.39, 0.29) is 51.0 Å². The number of nitrogens with zero attached hydrogens (tertiary/aromatic N) is 1. The molecule has 0 radical (unpaired) electrons. The van der Waals surface area contributed by atoms with Gasteiger partial charge in [-0.3, -0.25) is 24.2 Å². The number of hydrogen-bond acceptors (Lipinski definition) is 9. The zero-order chi connectivity index (χ0) is 29.8. The molecule has 0 heterocycles. The first kappa shape index (κ1) is 35.5. The Hall–Kier alpha value is -3.50. The maximum atomic E-state index is 13.2. The number of aliphatic imine (C=N–C) groups is 1. The Morgan fingerprint density at radius 3 is 1.59 bits per heavy atom. The number of nitrogens with two attached hydrogens (primary N) is 5. The number of carboxylic acid groups (broad SMARTS) is 2. The van der Waals surface area contributed by atoms with Crippen LogP contribution >= 0.6 is 0 Å². The molecule has 0 aromatic rings. The molecule has 0 saturated carbocycles. The molecule has 0 rings (SSSR count). The molecule has 0 aliphatic rings. The largest absolute Gasteiger partial charge is 0.481 e. The Kier molecular flexibility index (Phi) is 18.6. The van der Waals surface area contributed by atoms with Crippen LogP contribution in [0.2, 0.25) is 0 Å². The molecule has 0 aromatic heterocycles. The molecule has 15 N–H and O–H groups in total. The number of nitrogens with one attached hydrogen (secondary N) is 3. The number of guanidine groups is 1. The number of amides is 3. The van der Waals surface area contributed by atoms with E-state index in [4.69, 9.17) is 33.8 Å². The third-order valence-corrected chi connectivity index (χ3v) is 5.73. The molecule has 0 bridgehead atoms. The fourth-order valence-corrected chi connectivity index (χ4v) is 3.52. The molecule has 4 unspecified atom stereocenters. The zero-order valence-electron chi connectivity index (χ0n) is 22.3. The summed E-state index contributed by atoms with van der Waals surface area (Å²) in [7, 11) is 0. The standard InChI is InChI=1S/C23H45N9O7/c24-11-3-1-6-15(30-19(35)14(26)9-10-18(33)34)20(36)31-16(8-5-13-29-23(27)28)21(37)32-17(22(38)39)7-2-4-12-25/h14-17H,1-13,24-26H2,(H,30,35)(H,31,36)(H,32,37)(H,33,34)(H,38,39)(H4,27,28,29). The van der Waals surface area contributed by atoms with Gasteiger partial charge in [-0.25, -0.2) is 4.79 Å². The van der Waals surface area contributed by atoms with Crippen molar-refractivity contribution in [3.05, 3.63) is 0 Å². The predicted octanol–water partition coefficient (Wildman–Crippen LogP) is -2.97. The van der Waals surface area contributed by atoms with Gasteiger partial charge in [-0.2, -0.15) is 0 Å². The summed E-state index contributed by atoms with van der Waals surface area (Å²) in [5.41, 5.74) is 27.4. The van der Waals surface area contributed by atoms with E-state index in [9.17, 15) is 29.1 Å². The van der Waals surface area contributed by atoms with E-state index >= 15 is 0 Å². The summed E-state index contributed by atoms with van der Waals surface area (Å²) < 4.78 is 0. The summed E-state index contributed by atoms with van der Waals surface area (Å²) in [6.07, 6.45) is 2.33. The first-order valence-corrected chi connectivity index (χ1v) is 13.0. The molecule has 3 amide bonds. The van der Waals surface area contributed by atoms with Crippen LogP contribution in [0, 0.1) is 0 Å². The molecule has 4 atom stereocenters. The second-order valence-corrected chi connectivity index (χ2v) is 9.08. The first-order valence-electron chi connectivity index (χ1n) is 13.0. The van der Waals surface area contributed by atoms with Crippen LogP contribution in [0.4, 0.5) is 0 Å². The van der Waals surface area contributed by atoms with E-state index in [1.807, 2.05) is 0 Å². The van der Waals surface area contributed by atoms with Gasteiger partial charge in [0.05, 0.1) is 6.04 Å². The molecule has 224 valence electrons. The Balaban J connectivity index is 5.62. The topological polar surface area (TPSA) is 304 Å². The van der Waals surface area contributed by atoms with E-state index in [0.717, 1.165) is 0 Å². The Morgan fingerprint density at radius 1 is 0.667 bits per heavy atom. The molecule has 0 aliphatic carbocycles. The van der Waals surface area contributed by atoms with Crippen LogP contribution < -0.4 is 44.6 Å². The maximum Gasteiger partial charge on any atom is 0.326 e. The summed E-state index contributed by atoms with van der Waals surface area (Å²) in [6, 6.07) is -4.59. The molecule has 0 aromatic carbocycles. The van der Waals surface area contributed by atoms with E-state index < -0.39 is 53.8 Å². The minimum atomic E-state index is -1.23. The molecule has 16 heteroatoms. The van der Waals surface area contributed by atoms with E-state index in [1.54, 1.807) is 0 Å². The van der Waals surface area contributed by atoms with E-state index in [1.165, 1.54) is 0 Å². The number of carbonyl (C=O) groups is 5. The minimum absolute atomic E-state index is 0.0745. The lowest BCUT2D eigenvalue weighted by molar-refractivity contribution is -0.142. The van der Waals surface area contributed by atoms with Gasteiger partial charge in [0.2, 0.25) is 17.7 Å². The van der Waals surface area contributed by atoms with Crippen molar-refractivity contribution in [1.82, 2.24) is 16.0 Å². The van der Waals surface area contributed by atoms with Crippen molar-refractivity contribution in [2.75, 3.05) is 19.6 Å². The van der Waals surface area contributed by atoms with Gasteiger partial charge in [0.25, 0.3) is 0 Å². The number of carbonyl (C=O) groups excluding carboxylic acids is 3. The van der Waals surface area contributed by atoms with Gasteiger partial charge in [0.1, 0.15) is 18.1 Å². The van der Waals surface area contributed by atoms with Crippen LogP contribution in [0.1, 0.15) is 64.2 Å². The predicted molar refractivity (Wildman–Crippen MR) is 144 cm³/mol. The zero-order valence-corrected chi connectivity index (χ0v) is 22.3. The van der Waals surface area contributed by atoms with E-state index in [2.05, 4.69) is 20.9 Å². The number of unbranched alkanes of at least 4 members (excludes halogenated alkanes) is 2. The maximum absolute atomic E-state index is 13.2. The van der Waals surface area contributed by atoms with Crippen molar-refractivity contribution < 1.29 is 34.2 Å². The molecular weight excluding hydrogens is 514 g/mol. The van der Waals surface area contributed by atoms with Crippen molar-refractivity contribution in [1.29, 1.82) is 0 Å². The van der Waals surface area contributed by atoms with Crippen molar-refractivity contribution in [3.8, 4) is 0 Å². The third kappa shape index (κ3) is 16.9. The highest BCUT2D eigenvalue weighted by atomic mass is 16.4. The number of hydrogen-bond donors (Lipinski definition) is 10. The summed E-state index contributed by atoms with van der Waals surface area (Å²) in [5.74, 6) is -4.63. The highest BCUT2D eigenvalue weighted by molar-refractivity contribution is 5.94. The summed E-state index contributed by atoms with van der Waals surface area (Å²) in [4.78, 5) is 65.0. The van der Waals surface area contributed by atoms with Crippen LogP contribution in [0.3, 0.4) is 0 Å². The van der Waals surface area contributed by atoms with Gasteiger partial charge in [-0.15, -0.1) is 0 Å². The highest BCUT2D eigenvalue weighted by Crippen LogP contribution is 2.07. The molecular formula is C23H45N9O7. The van der Waals surface area contributed by atoms with Gasteiger partial charge in [-0.05, 0) is 70.9 Å². The van der Waals surface area contributed by atoms with Crippen LogP contribution in [0.25, 0.3) is 0 Å². The Morgan fingerprint density at radius 2 is 1.13 bits per heavy atom. The summed E-state index contributed by atoms with van der Waals surface area (Å²) in [5, 5.41) is 25.9. The van der Waals surface area contributed by atoms with Crippen LogP contribution in [-0.4, -0.2) is 89.6 Å². The second-order valence-electron chi connectivity index (χ2n) is 9.08. The van der Waals surface area contributed by atoms with Gasteiger partial charge < -0.3 is 54.8 Å². The van der Waals surface area contributed by atoms with Crippen LogP contribution in [-0.2, 0) is 24.0 Å². The van der Waals surface area contributed by atoms with Gasteiger partial charge in [0, 0.05) is 13.0 Å². The quantitative estimate of drug-likeness (QED) is 0.0361. The minimum Gasteiger partial charge on any atom is -0.481 e. The summed E-state index contributed by atoms with van der Waals surface area (Å²) >= 11 is 0. The smallest absolute Gasteiger partial charge is 0.326 e. The van der Waals surface area contributed by atoms with Crippen molar-refractivity contribution in [3.63, 3.8) is 0 Å². The lowest BCUT2D eigenvalue weighted by atomic mass is 10.0. The van der Waals surface area contributed by atoms with E-state index in [0.29, 0.717) is 38.8 Å². The number of rotatable bonds is 22. The van der Waals surface area contributed by atoms with Crippen molar-refractivity contribution >= 4 is 35.6 Å². The van der Waals surface area contributed by atoms with Crippen molar-refractivity contribution in [2.24, 2.45) is 33.7 Å². The normalized spacial score (nSPS) is 13.8. The first-order chi connectivity index (χ1) is 18.4. The van der Waals surface area contributed by atoms with Crippen molar-refractivity contribution in [2.45, 2.75) is 88.4 Å². The fourth-order valence-electron chi connectivity index (χ4n) is 3.52. The lowest BCUT2D eigenvalue weighted by Gasteiger charge is -2.25. The monoisotopic (exact) mass is 559 g/mol. The number of aliphatic carboxylic acids is 2.